The van der Waals surface area contributed by atoms with Gasteiger partial charge in [0.05, 0.1) is 29.5 Å². The van der Waals surface area contributed by atoms with E-state index >= 15 is 0 Å². The lowest BCUT2D eigenvalue weighted by molar-refractivity contribution is 0.122. The predicted octanol–water partition coefficient (Wildman–Crippen LogP) is 3.82. The molecule has 1 unspecified atom stereocenters. The number of imidazole rings is 1. The topological polar surface area (TPSA) is 117 Å². The Morgan fingerprint density at radius 1 is 1.06 bits per heavy atom. The summed E-state index contributed by atoms with van der Waals surface area (Å²) < 4.78 is 10.8. The average Bonchev–Trinajstić information content (AvgIpc) is 3.38. The van der Waals surface area contributed by atoms with E-state index < -0.39 is 5.60 Å². The van der Waals surface area contributed by atoms with Crippen LogP contribution in [0.5, 0.6) is 5.75 Å². The van der Waals surface area contributed by atoms with Crippen LogP contribution in [0.1, 0.15) is 28.3 Å². The van der Waals surface area contributed by atoms with E-state index in [1.165, 1.54) is 0 Å². The smallest absolute Gasteiger partial charge is 0.323 e. The van der Waals surface area contributed by atoms with E-state index in [1.807, 2.05) is 32.0 Å². The number of pyridine rings is 1. The van der Waals surface area contributed by atoms with Gasteiger partial charge < -0.3 is 24.3 Å². The number of H-pyrrole nitrogens is 2. The third-order valence-electron chi connectivity index (χ3n) is 5.86. The van der Waals surface area contributed by atoms with Crippen molar-refractivity contribution in [1.82, 2.24) is 20.1 Å². The Labute approximate surface area is 188 Å². The minimum Gasteiger partial charge on any atom is -0.497 e. The van der Waals surface area contributed by atoms with Gasteiger partial charge in [-0.3, -0.25) is 4.98 Å². The zero-order valence-corrected chi connectivity index (χ0v) is 18.3. The van der Waals surface area contributed by atoms with Crippen molar-refractivity contribution >= 4 is 11.0 Å². The number of rotatable bonds is 5. The fraction of sp³-hybridized carbons (Fsp3) is 0.160. The van der Waals surface area contributed by atoms with Crippen LogP contribution < -0.4 is 10.4 Å². The maximum absolute atomic E-state index is 12.4. The molecule has 8 nitrogen and oxygen atoms in total. The van der Waals surface area contributed by atoms with Gasteiger partial charge in [-0.15, -0.1) is 0 Å². The highest BCUT2D eigenvalue weighted by Crippen LogP contribution is 2.42. The van der Waals surface area contributed by atoms with Gasteiger partial charge in [-0.25, -0.2) is 4.79 Å². The third-order valence-corrected chi connectivity index (χ3v) is 5.86. The van der Waals surface area contributed by atoms with E-state index in [0.29, 0.717) is 45.1 Å². The first kappa shape index (κ1) is 20.7. The Kier molecular flexibility index (Phi) is 4.87. The van der Waals surface area contributed by atoms with Crippen LogP contribution in [-0.4, -0.2) is 32.3 Å². The molecule has 33 heavy (non-hydrogen) atoms. The summed E-state index contributed by atoms with van der Waals surface area (Å²) in [5.74, 6) is 1.22. The molecule has 0 radical (unpaired) electrons. The quantitative estimate of drug-likeness (QED) is 0.381. The molecule has 0 fully saturated rings. The van der Waals surface area contributed by atoms with Crippen LogP contribution in [0.4, 0.5) is 0 Å². The van der Waals surface area contributed by atoms with Crippen LogP contribution in [0.15, 0.2) is 70.1 Å². The molecule has 0 saturated carbocycles. The summed E-state index contributed by atoms with van der Waals surface area (Å²) in [6, 6.07) is 16.2. The molecule has 3 heterocycles. The number of ether oxygens (including phenoxy) is 1. The third kappa shape index (κ3) is 3.32. The zero-order chi connectivity index (χ0) is 23.2. The highest BCUT2D eigenvalue weighted by molar-refractivity contribution is 5.87. The van der Waals surface area contributed by atoms with Gasteiger partial charge in [0.15, 0.2) is 5.60 Å². The van der Waals surface area contributed by atoms with Gasteiger partial charge in [0.25, 0.3) is 0 Å². The first-order valence-corrected chi connectivity index (χ1v) is 10.4. The van der Waals surface area contributed by atoms with Gasteiger partial charge in [-0.05, 0) is 61.4 Å². The standard InChI is InChI=1S/C25H22N4O4/c1-14-22(15(2)33-29-14)16-11-19(23-20(12-16)27-24(30)28-23)25(31,21-9-4-5-10-26-21)17-7-6-8-18(13-17)32-3/h4-13,31H,1-3H3,(H2,27,28,30). The number of nitrogens with one attached hydrogen (secondary N) is 2. The Morgan fingerprint density at radius 2 is 1.91 bits per heavy atom. The molecule has 166 valence electrons. The highest BCUT2D eigenvalue weighted by atomic mass is 16.5. The summed E-state index contributed by atoms with van der Waals surface area (Å²) in [5, 5.41) is 16.5. The number of hydrogen-bond donors (Lipinski definition) is 3. The van der Waals surface area contributed by atoms with Crippen molar-refractivity contribution in [2.45, 2.75) is 19.4 Å². The van der Waals surface area contributed by atoms with Crippen LogP contribution in [0.2, 0.25) is 0 Å². The zero-order valence-electron chi connectivity index (χ0n) is 18.3. The van der Waals surface area contributed by atoms with Crippen LogP contribution in [0.25, 0.3) is 22.2 Å². The summed E-state index contributed by atoms with van der Waals surface area (Å²) in [4.78, 5) is 22.4. The summed E-state index contributed by atoms with van der Waals surface area (Å²) in [7, 11) is 1.57. The van der Waals surface area contributed by atoms with Crippen molar-refractivity contribution < 1.29 is 14.4 Å². The van der Waals surface area contributed by atoms with E-state index in [2.05, 4.69) is 20.1 Å². The number of aliphatic hydroxyl groups is 1. The Balaban J connectivity index is 1.89. The predicted molar refractivity (Wildman–Crippen MR) is 123 cm³/mol. The number of nitrogens with zero attached hydrogens (tertiary/aromatic N) is 2. The van der Waals surface area contributed by atoms with E-state index in [-0.39, 0.29) is 5.69 Å². The van der Waals surface area contributed by atoms with Crippen LogP contribution in [-0.2, 0) is 5.60 Å². The van der Waals surface area contributed by atoms with Crippen LogP contribution in [0, 0.1) is 13.8 Å². The van der Waals surface area contributed by atoms with Gasteiger partial charge in [0.1, 0.15) is 11.5 Å². The SMILES string of the molecule is COc1cccc(C(O)(c2ccccn2)c2cc(-c3c(C)noc3C)cc3[nH]c(=O)[nH]c23)c1. The number of aromatic amines is 2. The lowest BCUT2D eigenvalue weighted by Gasteiger charge is -2.30. The molecular formula is C25H22N4O4. The molecule has 0 saturated heterocycles. The van der Waals surface area contributed by atoms with E-state index in [4.69, 9.17) is 9.26 Å². The maximum atomic E-state index is 12.4. The largest absolute Gasteiger partial charge is 0.497 e. The highest BCUT2D eigenvalue weighted by Gasteiger charge is 2.38. The fourth-order valence-electron chi connectivity index (χ4n) is 4.33. The van der Waals surface area contributed by atoms with Crippen molar-refractivity contribution in [3.63, 3.8) is 0 Å². The second-order valence-electron chi connectivity index (χ2n) is 7.88. The first-order chi connectivity index (χ1) is 15.9. The van der Waals surface area contributed by atoms with Gasteiger partial charge >= 0.3 is 5.69 Å². The van der Waals surface area contributed by atoms with Crippen molar-refractivity contribution in [3.8, 4) is 16.9 Å². The number of benzene rings is 2. The average molecular weight is 442 g/mol. The number of hydrogen-bond acceptors (Lipinski definition) is 6. The van der Waals surface area contributed by atoms with Gasteiger partial charge in [0.2, 0.25) is 0 Å². The van der Waals surface area contributed by atoms with Gasteiger partial charge in [0, 0.05) is 17.3 Å². The molecule has 0 amide bonds. The minimum absolute atomic E-state index is 0.379. The Morgan fingerprint density at radius 3 is 2.61 bits per heavy atom. The summed E-state index contributed by atoms with van der Waals surface area (Å²) in [6.07, 6.45) is 1.62. The molecule has 0 aliphatic rings. The number of aromatic nitrogens is 4. The fourth-order valence-corrected chi connectivity index (χ4v) is 4.33. The molecule has 0 spiro atoms. The monoisotopic (exact) mass is 442 g/mol. The molecular weight excluding hydrogens is 420 g/mol. The first-order valence-electron chi connectivity index (χ1n) is 10.4. The molecule has 0 aliphatic carbocycles. The van der Waals surface area contributed by atoms with Crippen molar-refractivity contribution in [2.24, 2.45) is 0 Å². The molecule has 5 rings (SSSR count). The van der Waals surface area contributed by atoms with Crippen molar-refractivity contribution in [1.29, 1.82) is 0 Å². The Hall–Kier alpha value is -4.17. The number of aryl methyl sites for hydroxylation is 2. The summed E-state index contributed by atoms with van der Waals surface area (Å²) >= 11 is 0. The molecule has 2 aromatic carbocycles. The minimum atomic E-state index is -1.70. The normalized spacial score (nSPS) is 13.2. The van der Waals surface area contributed by atoms with Crippen LogP contribution in [0.3, 0.4) is 0 Å². The van der Waals surface area contributed by atoms with Gasteiger partial charge in [-0.2, -0.15) is 0 Å². The van der Waals surface area contributed by atoms with Crippen molar-refractivity contribution in [3.05, 3.63) is 99.6 Å². The lowest BCUT2D eigenvalue weighted by Crippen LogP contribution is -2.30. The second-order valence-corrected chi connectivity index (χ2v) is 7.88. The lowest BCUT2D eigenvalue weighted by atomic mass is 9.81. The van der Waals surface area contributed by atoms with Gasteiger partial charge in [-0.1, -0.05) is 23.4 Å². The molecule has 0 bridgehead atoms. The molecule has 0 aliphatic heterocycles. The molecule has 5 aromatic rings. The van der Waals surface area contributed by atoms with E-state index in [1.54, 1.807) is 49.7 Å². The molecule has 3 aromatic heterocycles. The van der Waals surface area contributed by atoms with Crippen LogP contribution >= 0.6 is 0 Å². The molecule has 3 N–H and O–H groups in total. The maximum Gasteiger partial charge on any atom is 0.323 e. The number of methoxy groups -OCH3 is 1. The number of fused-ring (bicyclic) bond motifs is 1. The second kappa shape index (κ2) is 7.75. The van der Waals surface area contributed by atoms with E-state index in [9.17, 15) is 9.90 Å². The molecule has 1 atom stereocenters. The summed E-state index contributed by atoms with van der Waals surface area (Å²) in [5.41, 5.74) is 2.60. The van der Waals surface area contributed by atoms with E-state index in [0.717, 1.165) is 11.1 Å². The van der Waals surface area contributed by atoms with Crippen molar-refractivity contribution in [2.75, 3.05) is 7.11 Å². The Bertz CT molecular complexity index is 1500. The molecule has 8 heteroatoms. The summed E-state index contributed by atoms with van der Waals surface area (Å²) in [6.45, 7) is 3.68.